The zero-order valence-corrected chi connectivity index (χ0v) is 12.2. The van der Waals surface area contributed by atoms with E-state index in [4.69, 9.17) is 19.9 Å². The van der Waals surface area contributed by atoms with Crippen LogP contribution in [0.3, 0.4) is 0 Å². The van der Waals surface area contributed by atoms with Gasteiger partial charge in [-0.05, 0) is 6.42 Å². The number of aromatic nitrogens is 4. The number of fused-ring (bicyclic) bond motifs is 1. The molecular weight excluding hydrogens is 274 g/mol. The number of ether oxygens (including phenoxy) is 3. The molecule has 2 aromatic rings. The van der Waals surface area contributed by atoms with Crippen LogP contribution in [0.15, 0.2) is 12.7 Å². The smallest absolute Gasteiger partial charge is 0.165 e. The minimum Gasteiger partial charge on any atom is -0.382 e. The Balaban J connectivity index is 1.63. The molecule has 2 aromatic heterocycles. The lowest BCUT2D eigenvalue weighted by Crippen LogP contribution is -2.10. The van der Waals surface area contributed by atoms with Crippen LogP contribution < -0.4 is 5.73 Å². The number of nitrogens with two attached hydrogens (primary N) is 1. The second-order valence-electron chi connectivity index (χ2n) is 4.44. The van der Waals surface area contributed by atoms with Crippen molar-refractivity contribution in [3.63, 3.8) is 0 Å². The van der Waals surface area contributed by atoms with E-state index in [1.165, 1.54) is 6.33 Å². The van der Waals surface area contributed by atoms with Crippen LogP contribution in [-0.4, -0.2) is 59.7 Å². The molecule has 0 fully saturated rings. The van der Waals surface area contributed by atoms with Crippen molar-refractivity contribution in [3.8, 4) is 0 Å². The van der Waals surface area contributed by atoms with Gasteiger partial charge in [-0.2, -0.15) is 0 Å². The van der Waals surface area contributed by atoms with Gasteiger partial charge >= 0.3 is 0 Å². The van der Waals surface area contributed by atoms with Crippen LogP contribution >= 0.6 is 0 Å². The zero-order valence-electron chi connectivity index (χ0n) is 12.2. The van der Waals surface area contributed by atoms with Crippen molar-refractivity contribution in [3.05, 3.63) is 12.7 Å². The van der Waals surface area contributed by atoms with Crippen molar-refractivity contribution in [1.82, 2.24) is 19.5 Å². The standard InChI is InChI=1S/C13H21N5O3/c1-19-5-6-21-8-7-20-4-2-3-18-10-17-11-12(14)15-9-16-13(11)18/h9-10H,2-8H2,1H3,(H2,14,15,16). The van der Waals surface area contributed by atoms with Gasteiger partial charge in [0.25, 0.3) is 0 Å². The lowest BCUT2D eigenvalue weighted by Gasteiger charge is -2.06. The van der Waals surface area contributed by atoms with Crippen molar-refractivity contribution in [1.29, 1.82) is 0 Å². The maximum atomic E-state index is 5.74. The van der Waals surface area contributed by atoms with E-state index in [-0.39, 0.29) is 0 Å². The van der Waals surface area contributed by atoms with Gasteiger partial charge in [0, 0.05) is 20.3 Å². The molecule has 2 heterocycles. The number of nitrogen functional groups attached to an aromatic ring is 1. The molecule has 0 spiro atoms. The Morgan fingerprint density at radius 3 is 2.62 bits per heavy atom. The van der Waals surface area contributed by atoms with Gasteiger partial charge in [-0.1, -0.05) is 0 Å². The number of anilines is 1. The summed E-state index contributed by atoms with van der Waals surface area (Å²) in [5.41, 5.74) is 7.14. The van der Waals surface area contributed by atoms with E-state index in [0.29, 0.717) is 44.4 Å². The van der Waals surface area contributed by atoms with Gasteiger partial charge in [0.2, 0.25) is 0 Å². The number of imidazole rings is 1. The number of rotatable bonds is 10. The molecule has 0 radical (unpaired) electrons. The molecule has 0 saturated heterocycles. The first-order chi connectivity index (χ1) is 10.3. The summed E-state index contributed by atoms with van der Waals surface area (Å²) in [6, 6.07) is 0. The Morgan fingerprint density at radius 2 is 1.81 bits per heavy atom. The zero-order chi connectivity index (χ0) is 14.9. The summed E-state index contributed by atoms with van der Waals surface area (Å²) in [6.07, 6.45) is 4.04. The number of hydrogen-bond acceptors (Lipinski definition) is 7. The molecule has 2 rings (SSSR count). The van der Waals surface area contributed by atoms with Gasteiger partial charge in [-0.3, -0.25) is 0 Å². The summed E-state index contributed by atoms with van der Waals surface area (Å²) in [7, 11) is 1.65. The van der Waals surface area contributed by atoms with E-state index in [1.54, 1.807) is 13.4 Å². The van der Waals surface area contributed by atoms with Crippen molar-refractivity contribution >= 4 is 17.0 Å². The van der Waals surface area contributed by atoms with Gasteiger partial charge < -0.3 is 24.5 Å². The Kier molecular flexibility index (Phi) is 6.32. The van der Waals surface area contributed by atoms with Crippen molar-refractivity contribution in [2.75, 3.05) is 45.9 Å². The second kappa shape index (κ2) is 8.50. The van der Waals surface area contributed by atoms with Crippen LogP contribution in [0.4, 0.5) is 5.82 Å². The molecule has 8 heteroatoms. The van der Waals surface area contributed by atoms with Crippen LogP contribution in [-0.2, 0) is 20.8 Å². The van der Waals surface area contributed by atoms with Gasteiger partial charge in [0.1, 0.15) is 11.8 Å². The summed E-state index contributed by atoms with van der Waals surface area (Å²) >= 11 is 0. The molecule has 0 atom stereocenters. The summed E-state index contributed by atoms with van der Waals surface area (Å²) in [5.74, 6) is 0.406. The molecule has 0 bridgehead atoms. The normalized spacial score (nSPS) is 11.3. The largest absolute Gasteiger partial charge is 0.382 e. The summed E-state index contributed by atoms with van der Waals surface area (Å²) in [4.78, 5) is 12.3. The third-order valence-corrected chi connectivity index (χ3v) is 2.92. The van der Waals surface area contributed by atoms with Gasteiger partial charge in [0.15, 0.2) is 11.5 Å². The van der Waals surface area contributed by atoms with E-state index >= 15 is 0 Å². The average Bonchev–Trinajstić information content (AvgIpc) is 2.90. The molecule has 0 saturated carbocycles. The van der Waals surface area contributed by atoms with E-state index in [0.717, 1.165) is 18.6 Å². The number of hydrogen-bond donors (Lipinski definition) is 1. The summed E-state index contributed by atoms with van der Waals surface area (Å²) < 4.78 is 17.6. The Labute approximate surface area is 123 Å². The first-order valence-electron chi connectivity index (χ1n) is 6.88. The lowest BCUT2D eigenvalue weighted by molar-refractivity contribution is 0.0237. The molecule has 0 aromatic carbocycles. The predicted molar refractivity (Wildman–Crippen MR) is 77.9 cm³/mol. The van der Waals surface area contributed by atoms with E-state index in [1.807, 2.05) is 4.57 Å². The fraction of sp³-hybridized carbons (Fsp3) is 0.615. The molecule has 0 aliphatic carbocycles. The minimum absolute atomic E-state index is 0.406. The monoisotopic (exact) mass is 295 g/mol. The highest BCUT2D eigenvalue weighted by Gasteiger charge is 2.06. The Hall–Kier alpha value is -1.77. The van der Waals surface area contributed by atoms with Crippen LogP contribution in [0, 0.1) is 0 Å². The predicted octanol–water partition coefficient (Wildman–Crippen LogP) is 0.478. The second-order valence-corrected chi connectivity index (χ2v) is 4.44. The van der Waals surface area contributed by atoms with E-state index in [9.17, 15) is 0 Å². The Morgan fingerprint density at radius 1 is 1.05 bits per heavy atom. The van der Waals surface area contributed by atoms with E-state index < -0.39 is 0 Å². The third-order valence-electron chi connectivity index (χ3n) is 2.92. The van der Waals surface area contributed by atoms with Crippen molar-refractivity contribution in [2.24, 2.45) is 0 Å². The van der Waals surface area contributed by atoms with Gasteiger partial charge in [0.05, 0.1) is 32.8 Å². The topological polar surface area (TPSA) is 97.3 Å². The maximum absolute atomic E-state index is 5.74. The molecule has 21 heavy (non-hydrogen) atoms. The first-order valence-corrected chi connectivity index (χ1v) is 6.88. The first kappa shape index (κ1) is 15.6. The lowest BCUT2D eigenvalue weighted by atomic mass is 10.4. The number of nitrogens with zero attached hydrogens (tertiary/aromatic N) is 4. The average molecular weight is 295 g/mol. The van der Waals surface area contributed by atoms with Crippen LogP contribution in [0.25, 0.3) is 11.2 Å². The molecule has 0 aliphatic heterocycles. The molecule has 0 amide bonds. The molecule has 2 N–H and O–H groups in total. The maximum Gasteiger partial charge on any atom is 0.165 e. The fourth-order valence-electron chi connectivity index (χ4n) is 1.86. The van der Waals surface area contributed by atoms with Crippen LogP contribution in [0.1, 0.15) is 6.42 Å². The number of aryl methyl sites for hydroxylation is 1. The molecule has 0 aliphatic rings. The fourth-order valence-corrected chi connectivity index (χ4v) is 1.86. The van der Waals surface area contributed by atoms with Gasteiger partial charge in [-0.15, -0.1) is 0 Å². The molecule has 116 valence electrons. The van der Waals surface area contributed by atoms with Crippen molar-refractivity contribution in [2.45, 2.75) is 13.0 Å². The minimum atomic E-state index is 0.406. The molecular formula is C13H21N5O3. The Bertz CT molecular complexity index is 546. The van der Waals surface area contributed by atoms with Crippen LogP contribution in [0.5, 0.6) is 0 Å². The van der Waals surface area contributed by atoms with Gasteiger partial charge in [-0.25, -0.2) is 15.0 Å². The third kappa shape index (κ3) is 4.62. The highest BCUT2D eigenvalue weighted by Crippen LogP contribution is 2.14. The molecule has 8 nitrogen and oxygen atoms in total. The van der Waals surface area contributed by atoms with Crippen molar-refractivity contribution < 1.29 is 14.2 Å². The van der Waals surface area contributed by atoms with Crippen LogP contribution in [0.2, 0.25) is 0 Å². The highest BCUT2D eigenvalue weighted by atomic mass is 16.5. The molecule has 0 unspecified atom stereocenters. The number of methoxy groups -OCH3 is 1. The highest BCUT2D eigenvalue weighted by molar-refractivity contribution is 5.80. The van der Waals surface area contributed by atoms with E-state index in [2.05, 4.69) is 15.0 Å². The SMILES string of the molecule is COCCOCCOCCCn1cnc2c(N)ncnc21. The summed E-state index contributed by atoms with van der Waals surface area (Å²) in [6.45, 7) is 3.82. The quantitative estimate of drug-likeness (QED) is 0.636. The summed E-state index contributed by atoms with van der Waals surface area (Å²) in [5, 5.41) is 0.